The van der Waals surface area contributed by atoms with Crippen LogP contribution in [-0.2, 0) is 0 Å². The van der Waals surface area contributed by atoms with Crippen molar-refractivity contribution in [1.29, 1.82) is 0 Å². The average Bonchev–Trinajstić information content (AvgIpc) is 3.14. The molecule has 0 saturated heterocycles. The maximum atomic E-state index is 9.00. The van der Waals surface area contributed by atoms with Gasteiger partial charge in [-0.3, -0.25) is 0 Å². The van der Waals surface area contributed by atoms with E-state index in [0.29, 0.717) is 16.9 Å². The van der Waals surface area contributed by atoms with E-state index in [1.165, 1.54) is 0 Å². The van der Waals surface area contributed by atoms with E-state index >= 15 is 0 Å². The van der Waals surface area contributed by atoms with Crippen molar-refractivity contribution in [3.05, 3.63) is 139 Å². The molecular formula is C37H23N3O. The molecule has 1 aromatic heterocycles. The zero-order chi connectivity index (χ0) is 35.0. The number of benzene rings is 6. The number of ether oxygens (including phenoxy) is 1. The highest BCUT2D eigenvalue weighted by Gasteiger charge is 2.21. The third-order valence-electron chi connectivity index (χ3n) is 6.88. The zero-order valence-corrected chi connectivity index (χ0v) is 21.3. The summed E-state index contributed by atoms with van der Waals surface area (Å²) < 4.78 is 83.0. The topological polar surface area (TPSA) is 47.9 Å². The second-order valence-electron chi connectivity index (χ2n) is 9.40. The summed E-state index contributed by atoms with van der Waals surface area (Å²) >= 11 is 0. The first-order chi connectivity index (χ1) is 24.0. The summed E-state index contributed by atoms with van der Waals surface area (Å²) in [5.74, 6) is 1.73. The standard InChI is InChI=1S/C37H23N3O/c1-3-9-24(10-4-1)25-17-19-28(20-18-25)36-38-35(27-11-5-2-6-12-27)39-37(40-36)29-21-22-32-31(23-29)30-15-7-13-26-14-8-16-33(41-32)34(26)30/h1-23H/i1D,3D,4D,9D,10D,17D,18D,19D,20D. The van der Waals surface area contributed by atoms with Gasteiger partial charge in [-0.1, -0.05) is 115 Å². The SMILES string of the molecule is [2H]c1c([2H])c([2H])c(-c2c([2H])c([2H])c(-c3nc(-c4ccccc4)nc(-c4ccc5c(c4)-c4cccc6cccc(c46)O5)n3)c([2H])c2[2H])c([2H])c1[2H]. The normalized spacial score (nSPS) is 14.7. The molecule has 8 rings (SSSR count). The van der Waals surface area contributed by atoms with Gasteiger partial charge in [-0.05, 0) is 46.3 Å². The van der Waals surface area contributed by atoms with Crippen LogP contribution < -0.4 is 4.74 Å². The molecule has 4 nitrogen and oxygen atoms in total. The highest BCUT2D eigenvalue weighted by atomic mass is 16.5. The van der Waals surface area contributed by atoms with Gasteiger partial charge in [0.05, 0.1) is 12.3 Å². The van der Waals surface area contributed by atoms with Crippen LogP contribution in [0.4, 0.5) is 0 Å². The Morgan fingerprint density at radius 1 is 0.463 bits per heavy atom. The fourth-order valence-electron chi connectivity index (χ4n) is 4.96. The molecule has 0 atom stereocenters. The maximum absolute atomic E-state index is 9.00. The summed E-state index contributed by atoms with van der Waals surface area (Å²) in [5.41, 5.74) is 1.95. The second-order valence-corrected chi connectivity index (χ2v) is 9.40. The molecule has 2 heterocycles. The van der Waals surface area contributed by atoms with Crippen molar-refractivity contribution in [2.45, 2.75) is 0 Å². The van der Waals surface area contributed by atoms with Crippen molar-refractivity contribution >= 4 is 10.8 Å². The smallest absolute Gasteiger partial charge is 0.164 e. The van der Waals surface area contributed by atoms with Crippen molar-refractivity contribution < 1.29 is 17.1 Å². The van der Waals surface area contributed by atoms with Crippen LogP contribution in [0.25, 0.3) is 67.2 Å². The summed E-state index contributed by atoms with van der Waals surface area (Å²) in [6, 6.07) is 21.1. The molecule has 0 N–H and O–H groups in total. The number of hydrogen-bond donors (Lipinski definition) is 0. The second kappa shape index (κ2) is 9.54. The van der Waals surface area contributed by atoms with E-state index in [9.17, 15) is 0 Å². The van der Waals surface area contributed by atoms with Crippen LogP contribution in [0.15, 0.2) is 139 Å². The summed E-state index contributed by atoms with van der Waals surface area (Å²) in [4.78, 5) is 14.1. The third-order valence-corrected chi connectivity index (χ3v) is 6.88. The van der Waals surface area contributed by atoms with Gasteiger partial charge in [0.25, 0.3) is 0 Å². The van der Waals surface area contributed by atoms with Gasteiger partial charge < -0.3 is 4.74 Å². The Hall–Kier alpha value is -5.61. The van der Waals surface area contributed by atoms with E-state index < -0.39 is 65.5 Å². The molecule has 1 aliphatic heterocycles. The van der Waals surface area contributed by atoms with E-state index in [2.05, 4.69) is 4.98 Å². The third kappa shape index (κ3) is 4.14. The number of hydrogen-bond acceptors (Lipinski definition) is 4. The van der Waals surface area contributed by atoms with E-state index in [4.69, 9.17) is 27.0 Å². The Bertz CT molecular complexity index is 2520. The summed E-state index contributed by atoms with van der Waals surface area (Å²) in [7, 11) is 0. The van der Waals surface area contributed by atoms with Crippen LogP contribution in [0, 0.1) is 0 Å². The molecule has 0 amide bonds. The lowest BCUT2D eigenvalue weighted by atomic mass is 9.93. The number of rotatable bonds is 4. The van der Waals surface area contributed by atoms with Gasteiger partial charge in [0, 0.05) is 27.6 Å². The van der Waals surface area contributed by atoms with Crippen molar-refractivity contribution in [3.63, 3.8) is 0 Å². The van der Waals surface area contributed by atoms with Crippen molar-refractivity contribution in [2.75, 3.05) is 0 Å². The molecule has 1 aliphatic rings. The molecule has 0 spiro atoms. The molecule has 6 aromatic carbocycles. The Morgan fingerprint density at radius 3 is 1.90 bits per heavy atom. The van der Waals surface area contributed by atoms with Gasteiger partial charge in [-0.25, -0.2) is 15.0 Å². The highest BCUT2D eigenvalue weighted by molar-refractivity contribution is 6.04. The molecule has 0 aliphatic carbocycles. The van der Waals surface area contributed by atoms with Crippen LogP contribution in [0.5, 0.6) is 11.5 Å². The Kier molecular flexibility index (Phi) is 3.69. The Morgan fingerprint density at radius 2 is 1.12 bits per heavy atom. The van der Waals surface area contributed by atoms with Gasteiger partial charge in [0.1, 0.15) is 11.5 Å². The summed E-state index contributed by atoms with van der Waals surface area (Å²) in [5, 5.41) is 2.00. The van der Waals surface area contributed by atoms with E-state index in [1.807, 2.05) is 66.7 Å². The van der Waals surface area contributed by atoms with Crippen LogP contribution in [0.3, 0.4) is 0 Å². The molecule has 0 unspecified atom stereocenters. The van der Waals surface area contributed by atoms with E-state index in [0.717, 1.165) is 27.6 Å². The lowest BCUT2D eigenvalue weighted by molar-refractivity contribution is 0.487. The molecule has 7 aromatic rings. The van der Waals surface area contributed by atoms with Gasteiger partial charge in [-0.15, -0.1) is 0 Å². The zero-order valence-electron chi connectivity index (χ0n) is 30.3. The average molecular weight is 535 g/mol. The number of aromatic nitrogens is 3. The monoisotopic (exact) mass is 534 g/mol. The van der Waals surface area contributed by atoms with Gasteiger partial charge in [0.2, 0.25) is 0 Å². The molecule has 0 bridgehead atoms. The minimum atomic E-state index is -0.647. The molecule has 192 valence electrons. The van der Waals surface area contributed by atoms with Crippen LogP contribution >= 0.6 is 0 Å². The molecule has 0 radical (unpaired) electrons. The number of nitrogens with zero attached hydrogens (tertiary/aromatic N) is 3. The molecule has 0 fully saturated rings. The lowest BCUT2D eigenvalue weighted by Crippen LogP contribution is -2.01. The molecular weight excluding hydrogens is 502 g/mol. The summed E-state index contributed by atoms with van der Waals surface area (Å²) in [6.45, 7) is 0. The fraction of sp³-hybridized carbons (Fsp3) is 0. The predicted molar refractivity (Wildman–Crippen MR) is 165 cm³/mol. The van der Waals surface area contributed by atoms with Crippen LogP contribution in [-0.4, -0.2) is 15.0 Å². The summed E-state index contributed by atoms with van der Waals surface area (Å²) in [6.07, 6.45) is 0. The van der Waals surface area contributed by atoms with E-state index in [-0.39, 0.29) is 23.0 Å². The minimum absolute atomic E-state index is 0.125. The lowest BCUT2D eigenvalue weighted by Gasteiger charge is -2.21. The van der Waals surface area contributed by atoms with Gasteiger partial charge in [0.15, 0.2) is 17.5 Å². The highest BCUT2D eigenvalue weighted by Crippen LogP contribution is 2.47. The molecule has 0 saturated carbocycles. The largest absolute Gasteiger partial charge is 0.456 e. The maximum Gasteiger partial charge on any atom is 0.164 e. The fourth-order valence-corrected chi connectivity index (χ4v) is 4.96. The quantitative estimate of drug-likeness (QED) is 0.226. The van der Waals surface area contributed by atoms with Crippen molar-refractivity contribution in [1.82, 2.24) is 15.0 Å². The number of fused-ring (bicyclic) bond motifs is 2. The Balaban J connectivity index is 1.35. The minimum Gasteiger partial charge on any atom is -0.456 e. The van der Waals surface area contributed by atoms with Crippen molar-refractivity contribution in [3.8, 4) is 67.9 Å². The first kappa shape index (κ1) is 15.8. The van der Waals surface area contributed by atoms with Crippen LogP contribution in [0.1, 0.15) is 12.3 Å². The predicted octanol–water partition coefficient (Wildman–Crippen LogP) is 9.47. The first-order valence-corrected chi connectivity index (χ1v) is 12.9. The first-order valence-electron chi connectivity index (χ1n) is 17.4. The van der Waals surface area contributed by atoms with Crippen molar-refractivity contribution in [2.24, 2.45) is 0 Å². The van der Waals surface area contributed by atoms with Gasteiger partial charge in [-0.2, -0.15) is 0 Å². The van der Waals surface area contributed by atoms with E-state index in [1.54, 1.807) is 18.2 Å². The Labute approximate surface area is 250 Å². The molecule has 4 heteroatoms. The van der Waals surface area contributed by atoms with Crippen LogP contribution in [0.2, 0.25) is 0 Å². The van der Waals surface area contributed by atoms with Gasteiger partial charge >= 0.3 is 0 Å². The molecule has 41 heavy (non-hydrogen) atoms.